The Bertz CT molecular complexity index is 656. The van der Waals surface area contributed by atoms with Crippen LogP contribution in [-0.2, 0) is 20.7 Å². The maximum atomic E-state index is 12.4. The molecule has 1 aromatic rings. The molecule has 130 valence electrons. The van der Waals surface area contributed by atoms with Gasteiger partial charge in [0.25, 0.3) is 5.91 Å². The van der Waals surface area contributed by atoms with Gasteiger partial charge in [-0.1, -0.05) is 12.1 Å². The van der Waals surface area contributed by atoms with Crippen molar-refractivity contribution in [3.63, 3.8) is 0 Å². The maximum Gasteiger partial charge on any atom is 0.328 e. The first-order chi connectivity index (χ1) is 11.4. The molecule has 0 saturated carbocycles. The van der Waals surface area contributed by atoms with Crippen LogP contribution in [0.1, 0.15) is 19.4 Å². The Balaban J connectivity index is 1.67. The highest BCUT2D eigenvalue weighted by Crippen LogP contribution is 2.41. The van der Waals surface area contributed by atoms with E-state index in [-0.39, 0.29) is 31.3 Å². The lowest BCUT2D eigenvalue weighted by atomic mass is 10.0. The Labute approximate surface area is 140 Å². The Morgan fingerprint density at radius 3 is 2.96 bits per heavy atom. The SMILES string of the molecule is CC1(C)Cc2cccc(OCC(=O)N3CCOC[C@H]3C(=O)O)c2O1. The van der Waals surface area contributed by atoms with E-state index in [4.69, 9.17) is 14.2 Å². The number of nitrogens with zero attached hydrogens (tertiary/aromatic N) is 1. The van der Waals surface area contributed by atoms with Gasteiger partial charge in [0.2, 0.25) is 0 Å². The van der Waals surface area contributed by atoms with E-state index in [1.807, 2.05) is 26.0 Å². The third-order valence-electron chi connectivity index (χ3n) is 4.14. The minimum atomic E-state index is -1.08. The van der Waals surface area contributed by atoms with E-state index in [2.05, 4.69) is 0 Å². The van der Waals surface area contributed by atoms with Gasteiger partial charge in [-0.15, -0.1) is 0 Å². The molecule has 1 saturated heterocycles. The molecule has 7 heteroatoms. The molecule has 2 aliphatic rings. The molecule has 1 aromatic carbocycles. The normalized spacial score (nSPS) is 21.8. The first kappa shape index (κ1) is 16.6. The lowest BCUT2D eigenvalue weighted by Crippen LogP contribution is -2.53. The van der Waals surface area contributed by atoms with Crippen LogP contribution < -0.4 is 9.47 Å². The minimum Gasteiger partial charge on any atom is -0.483 e. The number of fused-ring (bicyclic) bond motifs is 1. The fourth-order valence-electron chi connectivity index (χ4n) is 3.03. The summed E-state index contributed by atoms with van der Waals surface area (Å²) in [6.07, 6.45) is 0.776. The lowest BCUT2D eigenvalue weighted by molar-refractivity contribution is -0.159. The minimum absolute atomic E-state index is 0.000884. The summed E-state index contributed by atoms with van der Waals surface area (Å²) >= 11 is 0. The number of ether oxygens (including phenoxy) is 3. The van der Waals surface area contributed by atoms with Gasteiger partial charge in [0, 0.05) is 18.5 Å². The number of carboxylic acid groups (broad SMARTS) is 1. The number of rotatable bonds is 4. The topological polar surface area (TPSA) is 85.3 Å². The van der Waals surface area contributed by atoms with Gasteiger partial charge in [0.15, 0.2) is 24.1 Å². The van der Waals surface area contributed by atoms with Crippen molar-refractivity contribution in [3.05, 3.63) is 23.8 Å². The van der Waals surface area contributed by atoms with Crippen LogP contribution in [0.25, 0.3) is 0 Å². The van der Waals surface area contributed by atoms with Crippen molar-refractivity contribution < 1.29 is 28.9 Å². The summed E-state index contributed by atoms with van der Waals surface area (Å²) in [7, 11) is 0. The molecule has 0 unspecified atom stereocenters. The van der Waals surface area contributed by atoms with Gasteiger partial charge in [0.1, 0.15) is 5.60 Å². The van der Waals surface area contributed by atoms with E-state index < -0.39 is 12.0 Å². The predicted octanol–water partition coefficient (Wildman–Crippen LogP) is 1.09. The Hall–Kier alpha value is -2.28. The number of para-hydroxylation sites is 1. The molecular weight excluding hydrogens is 314 g/mol. The van der Waals surface area contributed by atoms with Gasteiger partial charge < -0.3 is 24.2 Å². The van der Waals surface area contributed by atoms with Gasteiger partial charge in [0.05, 0.1) is 13.2 Å². The molecule has 1 fully saturated rings. The maximum absolute atomic E-state index is 12.4. The molecule has 1 atom stereocenters. The van der Waals surface area contributed by atoms with Crippen molar-refractivity contribution in [2.24, 2.45) is 0 Å². The molecule has 0 bridgehead atoms. The average Bonchev–Trinajstić information content (AvgIpc) is 2.86. The van der Waals surface area contributed by atoms with Gasteiger partial charge in [-0.25, -0.2) is 4.79 Å². The van der Waals surface area contributed by atoms with Crippen molar-refractivity contribution in [3.8, 4) is 11.5 Å². The third-order valence-corrected chi connectivity index (χ3v) is 4.14. The second-order valence-corrected chi connectivity index (χ2v) is 6.59. The average molecular weight is 335 g/mol. The number of benzene rings is 1. The van der Waals surface area contributed by atoms with Crippen LogP contribution in [0.2, 0.25) is 0 Å². The smallest absolute Gasteiger partial charge is 0.328 e. The summed E-state index contributed by atoms with van der Waals surface area (Å²) in [5.41, 5.74) is 0.740. The van der Waals surface area contributed by atoms with E-state index in [1.165, 1.54) is 4.90 Å². The first-order valence-corrected chi connectivity index (χ1v) is 7.91. The number of hydrogen-bond acceptors (Lipinski definition) is 5. The molecule has 0 aliphatic carbocycles. The molecule has 2 aliphatic heterocycles. The lowest BCUT2D eigenvalue weighted by Gasteiger charge is -2.32. The second kappa shape index (κ2) is 6.32. The Morgan fingerprint density at radius 2 is 2.21 bits per heavy atom. The van der Waals surface area contributed by atoms with Crippen molar-refractivity contribution >= 4 is 11.9 Å². The number of amides is 1. The Kier molecular flexibility index (Phi) is 4.36. The van der Waals surface area contributed by atoms with E-state index in [9.17, 15) is 14.7 Å². The van der Waals surface area contributed by atoms with Crippen LogP contribution in [0.15, 0.2) is 18.2 Å². The second-order valence-electron chi connectivity index (χ2n) is 6.59. The molecule has 24 heavy (non-hydrogen) atoms. The van der Waals surface area contributed by atoms with Crippen molar-refractivity contribution in [2.45, 2.75) is 31.9 Å². The van der Waals surface area contributed by atoms with E-state index in [0.717, 1.165) is 12.0 Å². The molecule has 1 N–H and O–H groups in total. The summed E-state index contributed by atoms with van der Waals surface area (Å²) in [5, 5.41) is 9.19. The first-order valence-electron chi connectivity index (χ1n) is 7.91. The zero-order valence-corrected chi connectivity index (χ0v) is 13.8. The van der Waals surface area contributed by atoms with Crippen LogP contribution in [-0.4, -0.2) is 59.9 Å². The van der Waals surface area contributed by atoms with Crippen molar-refractivity contribution in [2.75, 3.05) is 26.4 Å². The number of aliphatic carboxylic acids is 1. The zero-order chi connectivity index (χ0) is 17.3. The van der Waals surface area contributed by atoms with Crippen molar-refractivity contribution in [1.29, 1.82) is 0 Å². The summed E-state index contributed by atoms with van der Waals surface area (Å²) in [6.45, 7) is 4.33. The molecule has 1 amide bonds. The number of carbonyl (C=O) groups is 2. The molecule has 0 spiro atoms. The van der Waals surface area contributed by atoms with Crippen LogP contribution >= 0.6 is 0 Å². The van der Waals surface area contributed by atoms with E-state index in [0.29, 0.717) is 18.1 Å². The summed E-state index contributed by atoms with van der Waals surface area (Å²) in [6, 6.07) is 4.62. The van der Waals surface area contributed by atoms with Gasteiger partial charge >= 0.3 is 5.97 Å². The zero-order valence-electron chi connectivity index (χ0n) is 13.8. The van der Waals surface area contributed by atoms with Crippen LogP contribution in [0, 0.1) is 0 Å². The number of hydrogen-bond donors (Lipinski definition) is 1. The van der Waals surface area contributed by atoms with Gasteiger partial charge in [-0.05, 0) is 19.9 Å². The molecule has 3 rings (SSSR count). The van der Waals surface area contributed by atoms with Crippen molar-refractivity contribution in [1.82, 2.24) is 4.90 Å². The highest BCUT2D eigenvalue weighted by atomic mass is 16.5. The van der Waals surface area contributed by atoms with Crippen LogP contribution in [0.5, 0.6) is 11.5 Å². The number of morpholine rings is 1. The van der Waals surface area contributed by atoms with Crippen LogP contribution in [0.3, 0.4) is 0 Å². The number of carboxylic acids is 1. The molecule has 0 radical (unpaired) electrons. The summed E-state index contributed by atoms with van der Waals surface area (Å²) < 4.78 is 16.7. The molecular formula is C17H21NO6. The fourth-order valence-corrected chi connectivity index (χ4v) is 3.03. The summed E-state index contributed by atoms with van der Waals surface area (Å²) in [4.78, 5) is 24.9. The molecule has 7 nitrogen and oxygen atoms in total. The van der Waals surface area contributed by atoms with Crippen LogP contribution in [0.4, 0.5) is 0 Å². The molecule has 2 heterocycles. The third kappa shape index (κ3) is 3.31. The summed E-state index contributed by atoms with van der Waals surface area (Å²) in [5.74, 6) is -0.284. The molecule has 0 aromatic heterocycles. The van der Waals surface area contributed by atoms with E-state index >= 15 is 0 Å². The van der Waals surface area contributed by atoms with E-state index in [1.54, 1.807) is 6.07 Å². The highest BCUT2D eigenvalue weighted by Gasteiger charge is 2.34. The van der Waals surface area contributed by atoms with Gasteiger partial charge in [-0.3, -0.25) is 4.79 Å². The quantitative estimate of drug-likeness (QED) is 0.887. The largest absolute Gasteiger partial charge is 0.483 e. The number of carbonyl (C=O) groups excluding carboxylic acids is 1. The predicted molar refractivity (Wildman–Crippen MR) is 84.3 cm³/mol. The standard InChI is InChI=1S/C17H21NO6/c1-17(2)8-11-4-3-5-13(15(11)24-17)23-10-14(19)18-6-7-22-9-12(18)16(20)21/h3-5,12H,6-10H2,1-2H3,(H,20,21)/t12-/m0/s1. The Morgan fingerprint density at radius 1 is 1.42 bits per heavy atom. The highest BCUT2D eigenvalue weighted by molar-refractivity contribution is 5.85. The van der Waals surface area contributed by atoms with Gasteiger partial charge in [-0.2, -0.15) is 0 Å². The monoisotopic (exact) mass is 335 g/mol. The fraction of sp³-hybridized carbons (Fsp3) is 0.529.